The lowest BCUT2D eigenvalue weighted by atomic mass is 9.98. The van der Waals surface area contributed by atoms with Crippen molar-refractivity contribution in [1.82, 2.24) is 30.4 Å². The van der Waals surface area contributed by atoms with E-state index in [1.165, 1.54) is 0 Å². The van der Waals surface area contributed by atoms with E-state index >= 15 is 0 Å². The number of carbonyl (C=O) groups excluding carboxylic acids is 2. The summed E-state index contributed by atoms with van der Waals surface area (Å²) in [5.41, 5.74) is 1.61. The molecule has 0 spiro atoms. The van der Waals surface area contributed by atoms with Crippen molar-refractivity contribution in [2.45, 2.75) is 45.1 Å². The van der Waals surface area contributed by atoms with E-state index in [0.29, 0.717) is 37.1 Å². The summed E-state index contributed by atoms with van der Waals surface area (Å²) in [6, 6.07) is -0.319. The van der Waals surface area contributed by atoms with E-state index in [2.05, 4.69) is 20.6 Å². The number of carbonyl (C=O) groups is 2. The molecule has 1 atom stereocenters. The first kappa shape index (κ1) is 18.5. The Balaban J connectivity index is 1.35. The molecule has 0 radical (unpaired) electrons. The Bertz CT molecular complexity index is 865. The fourth-order valence-electron chi connectivity index (χ4n) is 3.82. The number of nitrogens with one attached hydrogen (secondary N) is 1. The lowest BCUT2D eigenvalue weighted by Gasteiger charge is -2.37. The second kappa shape index (κ2) is 7.25. The van der Waals surface area contributed by atoms with E-state index < -0.39 is 0 Å². The van der Waals surface area contributed by atoms with E-state index in [1.807, 2.05) is 13.8 Å². The second-order valence-electron chi connectivity index (χ2n) is 7.37. The zero-order valence-corrected chi connectivity index (χ0v) is 16.3. The van der Waals surface area contributed by atoms with Gasteiger partial charge < -0.3 is 24.2 Å². The molecule has 2 aromatic heterocycles. The maximum atomic E-state index is 12.5. The minimum absolute atomic E-state index is 0.0379. The van der Waals surface area contributed by atoms with Crippen LogP contribution in [-0.4, -0.2) is 63.7 Å². The molecule has 2 aliphatic rings. The zero-order chi connectivity index (χ0) is 19.8. The number of hydrogen-bond donors (Lipinski definition) is 1. The van der Waals surface area contributed by atoms with Crippen LogP contribution in [0.25, 0.3) is 0 Å². The molecule has 2 aliphatic heterocycles. The van der Waals surface area contributed by atoms with Crippen LogP contribution in [-0.2, 0) is 11.2 Å². The van der Waals surface area contributed by atoms with Gasteiger partial charge in [-0.2, -0.15) is 4.98 Å². The fourth-order valence-corrected chi connectivity index (χ4v) is 3.82. The third-order valence-electron chi connectivity index (χ3n) is 5.58. The minimum Gasteiger partial charge on any atom is -0.361 e. The number of rotatable bonds is 4. The lowest BCUT2D eigenvalue weighted by molar-refractivity contribution is -0.135. The van der Waals surface area contributed by atoms with Gasteiger partial charge in [-0.25, -0.2) is 4.79 Å². The number of aryl methyl sites for hydroxylation is 2. The summed E-state index contributed by atoms with van der Waals surface area (Å²) in [4.78, 5) is 32.5. The molecule has 2 saturated heterocycles. The molecule has 10 heteroatoms. The Morgan fingerprint density at radius 1 is 1.21 bits per heavy atom. The Hall–Kier alpha value is -2.91. The second-order valence-corrected chi connectivity index (χ2v) is 7.37. The highest BCUT2D eigenvalue weighted by Crippen LogP contribution is 2.33. The van der Waals surface area contributed by atoms with Gasteiger partial charge in [-0.05, 0) is 26.7 Å². The normalized spacial score (nSPS) is 19.8. The van der Waals surface area contributed by atoms with E-state index in [4.69, 9.17) is 9.05 Å². The Morgan fingerprint density at radius 3 is 2.68 bits per heavy atom. The summed E-state index contributed by atoms with van der Waals surface area (Å²) in [5, 5.41) is 10.6. The predicted molar refractivity (Wildman–Crippen MR) is 96.4 cm³/mol. The molecule has 0 aliphatic carbocycles. The standard InChI is InChI=1S/C18H24N6O4/c1-10-13(11(2)27-21-10)7-15(25)23-8-12(9-23)16-20-17(28-22-16)14-5-4-6-24(14)18(26)19-3/h12,14H,4-9H2,1-3H3,(H,19,26). The van der Waals surface area contributed by atoms with Crippen molar-refractivity contribution in [2.75, 3.05) is 26.7 Å². The summed E-state index contributed by atoms with van der Waals surface area (Å²) in [6.07, 6.45) is 2.00. The van der Waals surface area contributed by atoms with Gasteiger partial charge in [-0.15, -0.1) is 0 Å². The monoisotopic (exact) mass is 388 g/mol. The van der Waals surface area contributed by atoms with Crippen LogP contribution in [0.15, 0.2) is 9.05 Å². The summed E-state index contributed by atoms with van der Waals surface area (Å²) < 4.78 is 10.6. The summed E-state index contributed by atoms with van der Waals surface area (Å²) in [6.45, 7) is 5.45. The highest BCUT2D eigenvalue weighted by Gasteiger charge is 2.38. The average Bonchev–Trinajstić information content (AvgIpc) is 3.36. The van der Waals surface area contributed by atoms with E-state index in [1.54, 1.807) is 16.8 Å². The van der Waals surface area contributed by atoms with Crippen molar-refractivity contribution >= 4 is 11.9 Å². The molecule has 4 heterocycles. The van der Waals surface area contributed by atoms with Crippen LogP contribution in [0.2, 0.25) is 0 Å². The highest BCUT2D eigenvalue weighted by molar-refractivity contribution is 5.80. The van der Waals surface area contributed by atoms with Gasteiger partial charge in [-0.3, -0.25) is 4.79 Å². The van der Waals surface area contributed by atoms with E-state index in [9.17, 15) is 9.59 Å². The van der Waals surface area contributed by atoms with Crippen molar-refractivity contribution in [3.63, 3.8) is 0 Å². The Labute approximate surface area is 162 Å². The number of nitrogens with zero attached hydrogens (tertiary/aromatic N) is 5. The SMILES string of the molecule is CNC(=O)N1CCCC1c1nc(C2CN(C(=O)Cc3c(C)noc3C)C2)no1. The number of amides is 3. The van der Waals surface area contributed by atoms with Crippen LogP contribution in [0.1, 0.15) is 53.5 Å². The van der Waals surface area contributed by atoms with Crippen molar-refractivity contribution in [1.29, 1.82) is 0 Å². The van der Waals surface area contributed by atoms with Gasteiger partial charge in [0.15, 0.2) is 5.82 Å². The van der Waals surface area contributed by atoms with Crippen molar-refractivity contribution < 1.29 is 18.6 Å². The molecule has 3 amide bonds. The topological polar surface area (TPSA) is 118 Å². The van der Waals surface area contributed by atoms with Crippen molar-refractivity contribution in [3.8, 4) is 0 Å². The first-order valence-electron chi connectivity index (χ1n) is 9.49. The average molecular weight is 388 g/mol. The molecule has 2 fully saturated rings. The first-order valence-corrected chi connectivity index (χ1v) is 9.49. The smallest absolute Gasteiger partial charge is 0.317 e. The fraction of sp³-hybridized carbons (Fsp3) is 0.611. The highest BCUT2D eigenvalue weighted by atomic mass is 16.5. The molecule has 2 aromatic rings. The number of aromatic nitrogens is 3. The van der Waals surface area contributed by atoms with Gasteiger partial charge in [-0.1, -0.05) is 10.3 Å². The number of urea groups is 1. The zero-order valence-electron chi connectivity index (χ0n) is 16.3. The van der Waals surface area contributed by atoms with E-state index in [0.717, 1.165) is 24.1 Å². The van der Waals surface area contributed by atoms with Crippen LogP contribution >= 0.6 is 0 Å². The first-order chi connectivity index (χ1) is 13.5. The Kier molecular flexibility index (Phi) is 4.78. The van der Waals surface area contributed by atoms with Crippen LogP contribution in [0, 0.1) is 13.8 Å². The van der Waals surface area contributed by atoms with Gasteiger partial charge in [0.1, 0.15) is 11.8 Å². The molecule has 1 unspecified atom stereocenters. The summed E-state index contributed by atoms with van der Waals surface area (Å²) in [5.74, 6) is 1.84. The molecule has 0 bridgehead atoms. The third kappa shape index (κ3) is 3.23. The van der Waals surface area contributed by atoms with Gasteiger partial charge in [0.25, 0.3) is 0 Å². The minimum atomic E-state index is -0.182. The summed E-state index contributed by atoms with van der Waals surface area (Å²) in [7, 11) is 1.61. The molecule has 0 saturated carbocycles. The molecule has 4 rings (SSSR count). The van der Waals surface area contributed by atoms with Crippen LogP contribution in [0.3, 0.4) is 0 Å². The summed E-state index contributed by atoms with van der Waals surface area (Å²) >= 11 is 0. The van der Waals surface area contributed by atoms with E-state index in [-0.39, 0.29) is 30.3 Å². The van der Waals surface area contributed by atoms with Gasteiger partial charge in [0.05, 0.1) is 18.0 Å². The molecule has 1 N–H and O–H groups in total. The van der Waals surface area contributed by atoms with Crippen LogP contribution in [0.4, 0.5) is 4.79 Å². The third-order valence-corrected chi connectivity index (χ3v) is 5.58. The van der Waals surface area contributed by atoms with Gasteiger partial charge >= 0.3 is 6.03 Å². The predicted octanol–water partition coefficient (Wildman–Crippen LogP) is 1.32. The molecular weight excluding hydrogens is 364 g/mol. The quantitative estimate of drug-likeness (QED) is 0.839. The number of hydrogen-bond acceptors (Lipinski definition) is 7. The lowest BCUT2D eigenvalue weighted by Crippen LogP contribution is -2.49. The van der Waals surface area contributed by atoms with Gasteiger partial charge in [0.2, 0.25) is 11.8 Å². The van der Waals surface area contributed by atoms with Crippen molar-refractivity contribution in [2.24, 2.45) is 0 Å². The largest absolute Gasteiger partial charge is 0.361 e. The molecule has 10 nitrogen and oxygen atoms in total. The Morgan fingerprint density at radius 2 is 2.00 bits per heavy atom. The molecular formula is C18H24N6O4. The molecule has 28 heavy (non-hydrogen) atoms. The number of likely N-dealkylation sites (tertiary alicyclic amines) is 2. The van der Waals surface area contributed by atoms with Gasteiger partial charge in [0, 0.05) is 32.2 Å². The van der Waals surface area contributed by atoms with Crippen molar-refractivity contribution in [3.05, 3.63) is 28.7 Å². The molecule has 150 valence electrons. The maximum absolute atomic E-state index is 12.5. The maximum Gasteiger partial charge on any atom is 0.317 e. The molecule has 0 aromatic carbocycles. The van der Waals surface area contributed by atoms with Crippen LogP contribution < -0.4 is 5.32 Å². The van der Waals surface area contributed by atoms with Crippen LogP contribution in [0.5, 0.6) is 0 Å².